The molecule has 0 aromatic heterocycles. The molecule has 0 aromatic carbocycles. The minimum Gasteiger partial charge on any atom is -0.466 e. The fourth-order valence-corrected chi connectivity index (χ4v) is 6.92. The topological polar surface area (TPSA) is 82.5 Å². The van der Waals surface area contributed by atoms with Gasteiger partial charge in [-0.15, -0.1) is 0 Å². The van der Waals surface area contributed by atoms with Crippen molar-refractivity contribution in [2.45, 2.75) is 201 Å². The second-order valence-electron chi connectivity index (χ2n) is 15.6. The molecule has 0 spiro atoms. The van der Waals surface area contributed by atoms with Crippen LogP contribution in [0, 0.1) is 0 Å². The zero-order valence-electron chi connectivity index (χ0n) is 36.0. The molecule has 0 heterocycles. The molecule has 8 heteroatoms. The summed E-state index contributed by atoms with van der Waals surface area (Å²) >= 11 is 0. The van der Waals surface area contributed by atoms with Crippen LogP contribution in [0.15, 0.2) is 0 Å². The Morgan fingerprint density at radius 1 is 0.358 bits per heavy atom. The summed E-state index contributed by atoms with van der Waals surface area (Å²) in [6.45, 7) is 19.1. The van der Waals surface area contributed by atoms with Crippen LogP contribution >= 0.6 is 0 Å². The highest BCUT2D eigenvalue weighted by atomic mass is 16.5. The molecule has 0 amide bonds. The first-order chi connectivity index (χ1) is 26.0. The molecular weight excluding hydrogens is 663 g/mol. The molecule has 0 unspecified atom stereocenters. The average Bonchev–Trinajstić information content (AvgIpc) is 3.16. The van der Waals surface area contributed by atoms with Gasteiger partial charge in [-0.25, -0.2) is 0 Å². The van der Waals surface area contributed by atoms with Crippen LogP contribution in [0.2, 0.25) is 0 Å². The SMILES string of the molecule is CCCCCCCCN(CCCCCC)CCC(=O)OCCCCN(CCCCO)CCCCOC(=O)CCN(CCCCCC)CCCCCCC. The van der Waals surface area contributed by atoms with Crippen LogP contribution < -0.4 is 0 Å². The smallest absolute Gasteiger partial charge is 0.307 e. The van der Waals surface area contributed by atoms with Crippen LogP contribution in [0.25, 0.3) is 0 Å². The molecule has 0 aliphatic carbocycles. The zero-order valence-corrected chi connectivity index (χ0v) is 36.0. The van der Waals surface area contributed by atoms with Crippen LogP contribution in [-0.4, -0.2) is 110 Å². The Balaban J connectivity index is 4.38. The third-order valence-corrected chi connectivity index (χ3v) is 10.5. The lowest BCUT2D eigenvalue weighted by Crippen LogP contribution is -2.29. The number of carbonyl (C=O) groups is 2. The van der Waals surface area contributed by atoms with Gasteiger partial charge in [-0.05, 0) is 110 Å². The van der Waals surface area contributed by atoms with Crippen molar-refractivity contribution in [3.8, 4) is 0 Å². The maximum Gasteiger partial charge on any atom is 0.307 e. The maximum atomic E-state index is 12.6. The summed E-state index contributed by atoms with van der Waals surface area (Å²) in [4.78, 5) is 32.6. The van der Waals surface area contributed by atoms with Crippen molar-refractivity contribution in [1.29, 1.82) is 0 Å². The normalized spacial score (nSPS) is 11.7. The molecule has 316 valence electrons. The first-order valence-electron chi connectivity index (χ1n) is 23.1. The van der Waals surface area contributed by atoms with Gasteiger partial charge in [-0.3, -0.25) is 9.59 Å². The van der Waals surface area contributed by atoms with E-state index in [9.17, 15) is 14.7 Å². The van der Waals surface area contributed by atoms with Gasteiger partial charge in [0.05, 0.1) is 26.1 Å². The number of rotatable bonds is 43. The van der Waals surface area contributed by atoms with Crippen LogP contribution in [-0.2, 0) is 19.1 Å². The van der Waals surface area contributed by atoms with Crippen LogP contribution in [0.1, 0.15) is 201 Å². The fraction of sp³-hybridized carbons (Fsp3) is 0.956. The number of aliphatic hydroxyl groups is 1. The Morgan fingerprint density at radius 3 is 0.962 bits per heavy atom. The van der Waals surface area contributed by atoms with Gasteiger partial charge in [-0.1, -0.05) is 124 Å². The first-order valence-corrected chi connectivity index (χ1v) is 23.1. The van der Waals surface area contributed by atoms with Crippen molar-refractivity contribution in [2.24, 2.45) is 0 Å². The molecule has 0 radical (unpaired) electrons. The van der Waals surface area contributed by atoms with Gasteiger partial charge >= 0.3 is 11.9 Å². The van der Waals surface area contributed by atoms with Crippen molar-refractivity contribution in [2.75, 3.05) is 78.7 Å². The van der Waals surface area contributed by atoms with Crippen molar-refractivity contribution in [3.05, 3.63) is 0 Å². The summed E-state index contributed by atoms with van der Waals surface area (Å²) in [5.74, 6) is -0.135. The van der Waals surface area contributed by atoms with E-state index in [2.05, 4.69) is 42.4 Å². The molecule has 1 N–H and O–H groups in total. The molecule has 8 nitrogen and oxygen atoms in total. The van der Waals surface area contributed by atoms with Gasteiger partial charge in [0.2, 0.25) is 0 Å². The van der Waals surface area contributed by atoms with Gasteiger partial charge in [0.15, 0.2) is 0 Å². The van der Waals surface area contributed by atoms with Crippen molar-refractivity contribution < 1.29 is 24.2 Å². The molecule has 53 heavy (non-hydrogen) atoms. The summed E-state index contributed by atoms with van der Waals surface area (Å²) in [6.07, 6.45) is 30.7. The Bertz CT molecular complexity index is 770. The summed E-state index contributed by atoms with van der Waals surface area (Å²) < 4.78 is 11.3. The van der Waals surface area contributed by atoms with Gasteiger partial charge < -0.3 is 29.3 Å². The Hall–Kier alpha value is -1.22. The summed E-state index contributed by atoms with van der Waals surface area (Å²) in [7, 11) is 0. The summed E-state index contributed by atoms with van der Waals surface area (Å²) in [5, 5.41) is 9.29. The highest BCUT2D eigenvalue weighted by molar-refractivity contribution is 5.69. The van der Waals surface area contributed by atoms with Crippen LogP contribution in [0.3, 0.4) is 0 Å². The molecule has 0 aromatic rings. The van der Waals surface area contributed by atoms with Gasteiger partial charge in [-0.2, -0.15) is 0 Å². The molecule has 0 atom stereocenters. The number of esters is 2. The monoisotopic (exact) mass is 754 g/mol. The lowest BCUT2D eigenvalue weighted by Gasteiger charge is -2.23. The fourth-order valence-electron chi connectivity index (χ4n) is 6.92. The molecular formula is C45H91N3O5. The minimum atomic E-state index is -0.0682. The van der Waals surface area contributed by atoms with Crippen LogP contribution in [0.5, 0.6) is 0 Å². The quantitative estimate of drug-likeness (QED) is 0.0487. The molecule has 0 bridgehead atoms. The van der Waals surface area contributed by atoms with E-state index in [1.807, 2.05) is 0 Å². The highest BCUT2D eigenvalue weighted by Crippen LogP contribution is 2.11. The zero-order chi connectivity index (χ0) is 38.9. The predicted octanol–water partition coefficient (Wildman–Crippen LogP) is 10.6. The van der Waals surface area contributed by atoms with Crippen molar-refractivity contribution in [1.82, 2.24) is 14.7 Å². The van der Waals surface area contributed by atoms with Crippen molar-refractivity contribution in [3.63, 3.8) is 0 Å². The second-order valence-corrected chi connectivity index (χ2v) is 15.6. The van der Waals surface area contributed by atoms with E-state index in [-0.39, 0.29) is 18.5 Å². The van der Waals surface area contributed by atoms with Crippen molar-refractivity contribution >= 4 is 11.9 Å². The lowest BCUT2D eigenvalue weighted by atomic mass is 10.1. The number of nitrogens with zero attached hydrogens (tertiary/aromatic N) is 3. The molecule has 0 rings (SSSR count). The standard InChI is InChI=1S/C45H91N3O5/c1-5-9-13-17-19-23-35-48(33-21-16-12-8-4)40-31-45(51)53-43-29-26-38-46(36-24-27-41-49)37-25-28-42-52-44(50)30-39-47(32-20-15-11-7-3)34-22-18-14-10-6-2/h49H,5-43H2,1-4H3. The van der Waals surface area contributed by atoms with E-state index < -0.39 is 0 Å². The van der Waals surface area contributed by atoms with E-state index in [1.54, 1.807) is 0 Å². The van der Waals surface area contributed by atoms with Gasteiger partial charge in [0.1, 0.15) is 0 Å². The number of hydrogen-bond donors (Lipinski definition) is 1. The van der Waals surface area contributed by atoms with Crippen LogP contribution in [0.4, 0.5) is 0 Å². The first kappa shape index (κ1) is 51.8. The molecule has 0 aliphatic heterocycles. The lowest BCUT2D eigenvalue weighted by molar-refractivity contribution is -0.145. The molecule has 0 fully saturated rings. The van der Waals surface area contributed by atoms with E-state index in [1.165, 1.54) is 122 Å². The number of aliphatic hydroxyl groups excluding tert-OH is 1. The molecule has 0 saturated carbocycles. The Morgan fingerprint density at radius 2 is 0.623 bits per heavy atom. The Kier molecular flexibility index (Phi) is 41.0. The third-order valence-electron chi connectivity index (χ3n) is 10.5. The summed E-state index contributed by atoms with van der Waals surface area (Å²) in [5.41, 5.74) is 0. The third kappa shape index (κ3) is 37.5. The number of unbranched alkanes of at least 4 members (excludes halogenated alkanes) is 18. The molecule has 0 saturated heterocycles. The maximum absolute atomic E-state index is 12.6. The number of carbonyl (C=O) groups excluding carboxylic acids is 2. The van der Waals surface area contributed by atoms with E-state index in [0.29, 0.717) is 26.1 Å². The largest absolute Gasteiger partial charge is 0.466 e. The van der Waals surface area contributed by atoms with E-state index in [0.717, 1.165) is 97.4 Å². The molecule has 0 aliphatic rings. The van der Waals surface area contributed by atoms with E-state index >= 15 is 0 Å². The highest BCUT2D eigenvalue weighted by Gasteiger charge is 2.12. The minimum absolute atomic E-state index is 0.0667. The van der Waals surface area contributed by atoms with Gasteiger partial charge in [0.25, 0.3) is 0 Å². The summed E-state index contributed by atoms with van der Waals surface area (Å²) in [6, 6.07) is 0. The number of ether oxygens (including phenoxy) is 2. The Labute approximate surface area is 329 Å². The van der Waals surface area contributed by atoms with Gasteiger partial charge in [0, 0.05) is 19.7 Å². The van der Waals surface area contributed by atoms with E-state index in [4.69, 9.17) is 9.47 Å². The second kappa shape index (κ2) is 41.9. The average molecular weight is 754 g/mol. The predicted molar refractivity (Wildman–Crippen MR) is 226 cm³/mol. The number of hydrogen-bond acceptors (Lipinski definition) is 8.